The summed E-state index contributed by atoms with van der Waals surface area (Å²) in [5.74, 6) is 0. The van der Waals surface area contributed by atoms with E-state index in [1.165, 1.54) is 25.8 Å². The molecule has 90 valence electrons. The van der Waals surface area contributed by atoms with Crippen LogP contribution in [0.3, 0.4) is 0 Å². The van der Waals surface area contributed by atoms with Crippen LogP contribution in [0.2, 0.25) is 0 Å². The first-order valence-corrected chi connectivity index (χ1v) is 6.24. The first kappa shape index (κ1) is 12.9. The summed E-state index contributed by atoms with van der Waals surface area (Å²) in [5.41, 5.74) is 0. The average molecular weight is 215 g/mol. The van der Waals surface area contributed by atoms with E-state index in [9.17, 15) is 5.11 Å². The highest BCUT2D eigenvalue weighted by molar-refractivity contribution is 4.78. The number of aliphatic hydroxyl groups excluding tert-OH is 1. The average Bonchev–Trinajstić information content (AvgIpc) is 2.20. The fourth-order valence-corrected chi connectivity index (χ4v) is 2.34. The molecule has 2 unspecified atom stereocenters. The summed E-state index contributed by atoms with van der Waals surface area (Å²) in [5, 5.41) is 9.44. The smallest absolute Gasteiger partial charge is 0.0593 e. The third kappa shape index (κ3) is 4.96. The Balaban J connectivity index is 2.29. The molecular weight excluding hydrogens is 190 g/mol. The Hall–Kier alpha value is -0.120. The van der Waals surface area contributed by atoms with E-state index in [-0.39, 0.29) is 6.10 Å². The molecule has 1 aliphatic rings. The summed E-state index contributed by atoms with van der Waals surface area (Å²) in [7, 11) is 0. The first-order chi connectivity index (χ1) is 7.24. The van der Waals surface area contributed by atoms with Gasteiger partial charge in [-0.05, 0) is 39.7 Å². The van der Waals surface area contributed by atoms with Crippen LogP contribution in [0, 0.1) is 0 Å². The van der Waals surface area contributed by atoms with Gasteiger partial charge < -0.3 is 9.84 Å². The van der Waals surface area contributed by atoms with Crippen molar-refractivity contribution in [2.75, 3.05) is 26.3 Å². The van der Waals surface area contributed by atoms with Crippen molar-refractivity contribution in [1.82, 2.24) is 4.90 Å². The normalized spacial score (nSPS) is 25.4. The van der Waals surface area contributed by atoms with E-state index in [0.29, 0.717) is 6.04 Å². The number of piperidine rings is 1. The van der Waals surface area contributed by atoms with Crippen LogP contribution in [0.25, 0.3) is 0 Å². The van der Waals surface area contributed by atoms with Crippen LogP contribution in [-0.2, 0) is 4.74 Å². The number of nitrogens with zero attached hydrogens (tertiary/aromatic N) is 1. The van der Waals surface area contributed by atoms with E-state index in [1.54, 1.807) is 0 Å². The van der Waals surface area contributed by atoms with Crippen LogP contribution in [-0.4, -0.2) is 48.5 Å². The van der Waals surface area contributed by atoms with Crippen LogP contribution in [0.4, 0.5) is 0 Å². The molecule has 2 atom stereocenters. The summed E-state index contributed by atoms with van der Waals surface area (Å²) < 4.78 is 5.39. The fourth-order valence-electron chi connectivity index (χ4n) is 2.34. The number of rotatable bonds is 6. The Bertz CT molecular complexity index is 162. The molecule has 0 spiro atoms. The second-order valence-electron chi connectivity index (χ2n) is 4.47. The fraction of sp³-hybridized carbons (Fsp3) is 1.00. The highest BCUT2D eigenvalue weighted by Gasteiger charge is 2.22. The van der Waals surface area contributed by atoms with Crippen molar-refractivity contribution in [1.29, 1.82) is 0 Å². The third-order valence-electron chi connectivity index (χ3n) is 3.09. The van der Waals surface area contributed by atoms with Crippen LogP contribution in [0.1, 0.15) is 39.5 Å². The minimum absolute atomic E-state index is 0.178. The van der Waals surface area contributed by atoms with Gasteiger partial charge in [-0.15, -0.1) is 0 Å². The minimum Gasteiger partial charge on any atom is -0.393 e. The molecule has 3 nitrogen and oxygen atoms in total. The van der Waals surface area contributed by atoms with Gasteiger partial charge >= 0.3 is 0 Å². The Kier molecular flexibility index (Phi) is 6.22. The Labute approximate surface area is 93.4 Å². The largest absolute Gasteiger partial charge is 0.393 e. The molecule has 3 heteroatoms. The van der Waals surface area contributed by atoms with E-state index in [2.05, 4.69) is 4.90 Å². The number of hydrogen-bond donors (Lipinski definition) is 1. The van der Waals surface area contributed by atoms with E-state index >= 15 is 0 Å². The highest BCUT2D eigenvalue weighted by Crippen LogP contribution is 2.20. The molecule has 0 aliphatic carbocycles. The molecule has 1 rings (SSSR count). The zero-order valence-electron chi connectivity index (χ0n) is 10.1. The zero-order chi connectivity index (χ0) is 11.1. The van der Waals surface area contributed by atoms with E-state index < -0.39 is 0 Å². The van der Waals surface area contributed by atoms with Crippen molar-refractivity contribution in [3.63, 3.8) is 0 Å². The second-order valence-corrected chi connectivity index (χ2v) is 4.47. The molecule has 0 saturated carbocycles. The predicted molar refractivity (Wildman–Crippen MR) is 62.0 cm³/mol. The van der Waals surface area contributed by atoms with Crippen molar-refractivity contribution in [2.45, 2.75) is 51.7 Å². The van der Waals surface area contributed by atoms with Gasteiger partial charge in [0.05, 0.1) is 12.7 Å². The van der Waals surface area contributed by atoms with Gasteiger partial charge in [0.2, 0.25) is 0 Å². The van der Waals surface area contributed by atoms with Gasteiger partial charge in [-0.3, -0.25) is 4.90 Å². The van der Waals surface area contributed by atoms with Crippen molar-refractivity contribution in [3.05, 3.63) is 0 Å². The molecular formula is C12H25NO2. The van der Waals surface area contributed by atoms with E-state index in [4.69, 9.17) is 4.74 Å². The Morgan fingerprint density at radius 3 is 2.93 bits per heavy atom. The molecule has 1 heterocycles. The molecule has 0 aromatic rings. The minimum atomic E-state index is -0.178. The predicted octanol–water partition coefficient (Wildman–Crippen LogP) is 1.65. The molecule has 0 aromatic heterocycles. The van der Waals surface area contributed by atoms with E-state index in [1.807, 2.05) is 13.8 Å². The summed E-state index contributed by atoms with van der Waals surface area (Å²) in [4.78, 5) is 2.48. The maximum Gasteiger partial charge on any atom is 0.0593 e. The summed E-state index contributed by atoms with van der Waals surface area (Å²) in [6, 6.07) is 0.569. The lowest BCUT2D eigenvalue weighted by Gasteiger charge is -2.36. The number of aliphatic hydroxyl groups is 1. The van der Waals surface area contributed by atoms with Gasteiger partial charge in [0.15, 0.2) is 0 Å². The van der Waals surface area contributed by atoms with Gasteiger partial charge in [-0.1, -0.05) is 6.42 Å². The lowest BCUT2D eigenvalue weighted by atomic mass is 9.97. The van der Waals surface area contributed by atoms with Crippen LogP contribution in [0.5, 0.6) is 0 Å². The maximum atomic E-state index is 9.44. The maximum absolute atomic E-state index is 9.44. The van der Waals surface area contributed by atoms with Gasteiger partial charge in [0, 0.05) is 19.2 Å². The first-order valence-electron chi connectivity index (χ1n) is 6.24. The Morgan fingerprint density at radius 2 is 2.27 bits per heavy atom. The zero-order valence-corrected chi connectivity index (χ0v) is 10.1. The van der Waals surface area contributed by atoms with Gasteiger partial charge in [-0.2, -0.15) is 0 Å². The molecule has 1 aliphatic heterocycles. The number of hydrogen-bond acceptors (Lipinski definition) is 3. The van der Waals surface area contributed by atoms with Crippen LogP contribution in [0.15, 0.2) is 0 Å². The molecule has 1 fully saturated rings. The molecule has 0 radical (unpaired) electrons. The molecule has 0 bridgehead atoms. The third-order valence-corrected chi connectivity index (χ3v) is 3.09. The highest BCUT2D eigenvalue weighted by atomic mass is 16.5. The molecule has 0 aromatic carbocycles. The van der Waals surface area contributed by atoms with Crippen molar-refractivity contribution < 1.29 is 9.84 Å². The number of ether oxygens (including phenoxy) is 1. The summed E-state index contributed by atoms with van der Waals surface area (Å²) >= 11 is 0. The standard InChI is InChI=1S/C12H25NO2/c1-3-15-9-8-13-7-5-4-6-12(13)10-11(2)14/h11-12,14H,3-10H2,1-2H3. The quantitative estimate of drug-likeness (QED) is 0.684. The molecule has 15 heavy (non-hydrogen) atoms. The van der Waals surface area contributed by atoms with Crippen molar-refractivity contribution in [2.24, 2.45) is 0 Å². The van der Waals surface area contributed by atoms with Gasteiger partial charge in [-0.25, -0.2) is 0 Å². The van der Waals surface area contributed by atoms with Crippen molar-refractivity contribution in [3.8, 4) is 0 Å². The summed E-state index contributed by atoms with van der Waals surface area (Å²) in [6.07, 6.45) is 4.57. The second kappa shape index (κ2) is 7.20. The lowest BCUT2D eigenvalue weighted by molar-refractivity contribution is 0.0536. The van der Waals surface area contributed by atoms with Gasteiger partial charge in [0.1, 0.15) is 0 Å². The Morgan fingerprint density at radius 1 is 1.47 bits per heavy atom. The topological polar surface area (TPSA) is 32.7 Å². The van der Waals surface area contributed by atoms with Crippen molar-refractivity contribution >= 4 is 0 Å². The van der Waals surface area contributed by atoms with Crippen LogP contribution < -0.4 is 0 Å². The summed E-state index contributed by atoms with van der Waals surface area (Å²) in [6.45, 7) is 7.73. The SMILES string of the molecule is CCOCCN1CCCCC1CC(C)O. The molecule has 0 amide bonds. The van der Waals surface area contributed by atoms with Gasteiger partial charge in [0.25, 0.3) is 0 Å². The molecule has 1 N–H and O–H groups in total. The van der Waals surface area contributed by atoms with Crippen LogP contribution >= 0.6 is 0 Å². The molecule has 1 saturated heterocycles. The number of likely N-dealkylation sites (tertiary alicyclic amines) is 1. The van der Waals surface area contributed by atoms with E-state index in [0.717, 1.165) is 26.2 Å². The monoisotopic (exact) mass is 215 g/mol. The lowest BCUT2D eigenvalue weighted by Crippen LogP contribution is -2.42.